The first-order valence-corrected chi connectivity index (χ1v) is 5.05. The van der Waals surface area contributed by atoms with E-state index >= 15 is 0 Å². The van der Waals surface area contributed by atoms with Crippen LogP contribution < -0.4 is 5.73 Å². The Hall–Kier alpha value is -0.0400. The molecule has 0 aromatic rings. The van der Waals surface area contributed by atoms with Crippen LogP contribution in [0.3, 0.4) is 0 Å². The molecule has 0 amide bonds. The predicted octanol–water partition coefficient (Wildman–Crippen LogP) is 2.80. The Morgan fingerprint density at radius 1 is 1.17 bits per heavy atom. The lowest BCUT2D eigenvalue weighted by Crippen LogP contribution is -2.14. The topological polar surface area (TPSA) is 26.0 Å². The molecule has 0 aromatic carbocycles. The molecule has 1 nitrogen and oxygen atoms in total. The smallest absolute Gasteiger partial charge is 0.00105 e. The van der Waals surface area contributed by atoms with Crippen LogP contribution in [-0.4, -0.2) is 6.04 Å². The van der Waals surface area contributed by atoms with Gasteiger partial charge < -0.3 is 5.73 Å². The van der Waals surface area contributed by atoms with E-state index in [0.717, 1.165) is 5.92 Å². The molecule has 0 heterocycles. The molecule has 1 heteroatoms. The standard InChI is InChI=1S/C11H23N/c1-8(12)6-7-9-10(2,3)11(9,4)5/h8-9H,6-7,12H2,1-5H3/t8-/m0/s1. The van der Waals surface area contributed by atoms with Crippen LogP contribution in [0.2, 0.25) is 0 Å². The fourth-order valence-electron chi connectivity index (χ4n) is 2.48. The van der Waals surface area contributed by atoms with Crippen molar-refractivity contribution in [1.82, 2.24) is 0 Å². The van der Waals surface area contributed by atoms with Crippen LogP contribution in [0.4, 0.5) is 0 Å². The number of hydrogen-bond donors (Lipinski definition) is 1. The highest BCUT2D eigenvalue weighted by atomic mass is 14.7. The summed E-state index contributed by atoms with van der Waals surface area (Å²) in [4.78, 5) is 0. The molecule has 0 saturated heterocycles. The monoisotopic (exact) mass is 169 g/mol. The van der Waals surface area contributed by atoms with Crippen LogP contribution in [0.5, 0.6) is 0 Å². The van der Waals surface area contributed by atoms with Crippen LogP contribution >= 0.6 is 0 Å². The van der Waals surface area contributed by atoms with Gasteiger partial charge in [-0.15, -0.1) is 0 Å². The molecule has 0 aromatic heterocycles. The second kappa shape index (κ2) is 2.73. The van der Waals surface area contributed by atoms with Crippen molar-refractivity contribution in [3.8, 4) is 0 Å². The van der Waals surface area contributed by atoms with Gasteiger partial charge in [-0.25, -0.2) is 0 Å². The Labute approximate surface area is 76.7 Å². The molecular formula is C11H23N. The van der Waals surface area contributed by atoms with Gasteiger partial charge in [0.15, 0.2) is 0 Å². The third-order valence-electron chi connectivity index (χ3n) is 4.23. The molecule has 0 bridgehead atoms. The molecule has 1 atom stereocenters. The van der Waals surface area contributed by atoms with Gasteiger partial charge in [0.1, 0.15) is 0 Å². The predicted molar refractivity (Wildman–Crippen MR) is 53.9 cm³/mol. The SMILES string of the molecule is C[C@H](N)CCC1C(C)(C)C1(C)C. The summed E-state index contributed by atoms with van der Waals surface area (Å²) in [7, 11) is 0. The zero-order chi connectivity index (χ0) is 9.57. The molecule has 0 aliphatic heterocycles. The van der Waals surface area contributed by atoms with Crippen molar-refractivity contribution in [1.29, 1.82) is 0 Å². The molecule has 1 aliphatic rings. The van der Waals surface area contributed by atoms with E-state index in [9.17, 15) is 0 Å². The second-order valence-corrected chi connectivity index (χ2v) is 5.55. The summed E-state index contributed by atoms with van der Waals surface area (Å²) in [5, 5.41) is 0. The van der Waals surface area contributed by atoms with E-state index in [1.54, 1.807) is 0 Å². The molecule has 72 valence electrons. The normalized spacial score (nSPS) is 28.5. The van der Waals surface area contributed by atoms with E-state index in [1.807, 2.05) is 0 Å². The van der Waals surface area contributed by atoms with Crippen LogP contribution in [0.25, 0.3) is 0 Å². The molecule has 12 heavy (non-hydrogen) atoms. The minimum absolute atomic E-state index is 0.372. The average molecular weight is 169 g/mol. The second-order valence-electron chi connectivity index (χ2n) is 5.55. The van der Waals surface area contributed by atoms with E-state index in [-0.39, 0.29) is 0 Å². The Balaban J connectivity index is 2.39. The summed E-state index contributed by atoms with van der Waals surface area (Å²) in [5.74, 6) is 0.885. The van der Waals surface area contributed by atoms with E-state index in [4.69, 9.17) is 5.73 Å². The van der Waals surface area contributed by atoms with Crippen LogP contribution in [-0.2, 0) is 0 Å². The maximum absolute atomic E-state index is 5.75. The Morgan fingerprint density at radius 2 is 1.58 bits per heavy atom. The highest BCUT2D eigenvalue weighted by Crippen LogP contribution is 2.69. The van der Waals surface area contributed by atoms with Crippen molar-refractivity contribution in [3.63, 3.8) is 0 Å². The summed E-state index contributed by atoms with van der Waals surface area (Å²) >= 11 is 0. The Kier molecular flexibility index (Phi) is 2.28. The van der Waals surface area contributed by atoms with E-state index < -0.39 is 0 Å². The lowest BCUT2D eigenvalue weighted by molar-refractivity contribution is 0.457. The fourth-order valence-corrected chi connectivity index (χ4v) is 2.48. The summed E-state index contributed by atoms with van der Waals surface area (Å²) in [5.41, 5.74) is 6.83. The third-order valence-corrected chi connectivity index (χ3v) is 4.23. The summed E-state index contributed by atoms with van der Waals surface area (Å²) in [6, 6.07) is 0.372. The zero-order valence-corrected chi connectivity index (χ0v) is 9.15. The molecular weight excluding hydrogens is 146 g/mol. The maximum Gasteiger partial charge on any atom is 0.00105 e. The lowest BCUT2D eigenvalue weighted by atomic mass is 10.0. The molecule has 1 aliphatic carbocycles. The largest absolute Gasteiger partial charge is 0.328 e. The minimum Gasteiger partial charge on any atom is -0.328 e. The molecule has 1 fully saturated rings. The van der Waals surface area contributed by atoms with E-state index in [1.165, 1.54) is 12.8 Å². The van der Waals surface area contributed by atoms with Crippen molar-refractivity contribution in [3.05, 3.63) is 0 Å². The van der Waals surface area contributed by atoms with Crippen molar-refractivity contribution in [2.45, 2.75) is 53.5 Å². The quantitative estimate of drug-likeness (QED) is 0.690. The third kappa shape index (κ3) is 1.39. The first-order valence-electron chi connectivity index (χ1n) is 5.05. The first kappa shape index (κ1) is 10.0. The lowest BCUT2D eigenvalue weighted by Gasteiger charge is -2.05. The van der Waals surface area contributed by atoms with Crippen molar-refractivity contribution in [2.24, 2.45) is 22.5 Å². The maximum atomic E-state index is 5.75. The van der Waals surface area contributed by atoms with Gasteiger partial charge in [0.05, 0.1) is 0 Å². The van der Waals surface area contributed by atoms with Gasteiger partial charge in [0.25, 0.3) is 0 Å². The van der Waals surface area contributed by atoms with Crippen molar-refractivity contribution < 1.29 is 0 Å². The Bertz CT molecular complexity index is 154. The summed E-state index contributed by atoms with van der Waals surface area (Å²) in [6.07, 6.45) is 2.48. The van der Waals surface area contributed by atoms with Crippen molar-refractivity contribution >= 4 is 0 Å². The average Bonchev–Trinajstić information content (AvgIpc) is 2.21. The van der Waals surface area contributed by atoms with Gasteiger partial charge in [-0.1, -0.05) is 27.7 Å². The molecule has 1 rings (SSSR count). The van der Waals surface area contributed by atoms with E-state index in [2.05, 4.69) is 34.6 Å². The number of rotatable bonds is 3. The highest BCUT2D eigenvalue weighted by molar-refractivity contribution is 5.11. The molecule has 2 N–H and O–H groups in total. The fraction of sp³-hybridized carbons (Fsp3) is 1.00. The van der Waals surface area contributed by atoms with Gasteiger partial charge in [0, 0.05) is 6.04 Å². The molecule has 0 unspecified atom stereocenters. The van der Waals surface area contributed by atoms with E-state index in [0.29, 0.717) is 16.9 Å². The molecule has 0 radical (unpaired) electrons. The van der Waals surface area contributed by atoms with Gasteiger partial charge in [-0.2, -0.15) is 0 Å². The number of hydrogen-bond acceptors (Lipinski definition) is 1. The van der Waals surface area contributed by atoms with Gasteiger partial charge in [-0.3, -0.25) is 0 Å². The van der Waals surface area contributed by atoms with Gasteiger partial charge in [-0.05, 0) is 36.5 Å². The van der Waals surface area contributed by atoms with Crippen LogP contribution in [0, 0.1) is 16.7 Å². The Morgan fingerprint density at radius 3 is 1.83 bits per heavy atom. The zero-order valence-electron chi connectivity index (χ0n) is 9.15. The van der Waals surface area contributed by atoms with Gasteiger partial charge in [0.2, 0.25) is 0 Å². The highest BCUT2D eigenvalue weighted by Gasteiger charge is 2.63. The summed E-state index contributed by atoms with van der Waals surface area (Å²) < 4.78 is 0. The van der Waals surface area contributed by atoms with Crippen LogP contribution in [0.15, 0.2) is 0 Å². The minimum atomic E-state index is 0.372. The van der Waals surface area contributed by atoms with Crippen LogP contribution in [0.1, 0.15) is 47.5 Å². The number of nitrogens with two attached hydrogens (primary N) is 1. The summed E-state index contributed by atoms with van der Waals surface area (Å²) in [6.45, 7) is 11.6. The first-order chi connectivity index (χ1) is 5.30. The molecule has 0 spiro atoms. The molecule has 1 saturated carbocycles. The van der Waals surface area contributed by atoms with Crippen molar-refractivity contribution in [2.75, 3.05) is 0 Å². The van der Waals surface area contributed by atoms with Gasteiger partial charge >= 0.3 is 0 Å².